The lowest BCUT2D eigenvalue weighted by Gasteiger charge is -2.19. The van der Waals surface area contributed by atoms with E-state index in [-0.39, 0.29) is 6.54 Å². The van der Waals surface area contributed by atoms with Gasteiger partial charge in [0.1, 0.15) is 6.10 Å². The molecule has 0 aromatic rings. The van der Waals surface area contributed by atoms with Crippen LogP contribution >= 0.6 is 0 Å². The normalized spacial score (nSPS) is 25.0. The van der Waals surface area contributed by atoms with E-state index in [9.17, 15) is 9.90 Å². The molecule has 1 amide bonds. The van der Waals surface area contributed by atoms with Crippen LogP contribution in [0.3, 0.4) is 0 Å². The number of rotatable bonds is 5. The van der Waals surface area contributed by atoms with E-state index in [1.807, 2.05) is 0 Å². The van der Waals surface area contributed by atoms with Crippen molar-refractivity contribution in [2.45, 2.75) is 38.3 Å². The van der Waals surface area contributed by atoms with Crippen molar-refractivity contribution < 1.29 is 9.90 Å². The Kier molecular flexibility index (Phi) is 5.73. The highest BCUT2D eigenvalue weighted by atomic mass is 16.3. The molecular formula is C11H23N3O2. The van der Waals surface area contributed by atoms with Gasteiger partial charge in [-0.15, -0.1) is 0 Å². The first kappa shape index (κ1) is 13.4. The molecule has 2 atom stereocenters. The standard InChI is InChI=1S/C11H23N3O2/c1-2-14-6-3-4-9(5-7-14)13-8-10(15)11(12)16/h9-10,13,15H,2-8H2,1H3,(H2,12,16). The van der Waals surface area contributed by atoms with Crippen LogP contribution in [0.15, 0.2) is 0 Å². The van der Waals surface area contributed by atoms with Gasteiger partial charge < -0.3 is 21.1 Å². The fraction of sp³-hybridized carbons (Fsp3) is 0.909. The number of aliphatic hydroxyl groups is 1. The number of aliphatic hydroxyl groups excluding tert-OH is 1. The van der Waals surface area contributed by atoms with Crippen LogP contribution in [0, 0.1) is 0 Å². The van der Waals surface area contributed by atoms with Crippen LogP contribution < -0.4 is 11.1 Å². The summed E-state index contributed by atoms with van der Waals surface area (Å²) in [4.78, 5) is 13.1. The van der Waals surface area contributed by atoms with E-state index in [4.69, 9.17) is 5.73 Å². The number of likely N-dealkylation sites (tertiary alicyclic amines) is 1. The van der Waals surface area contributed by atoms with Crippen LogP contribution in [0.25, 0.3) is 0 Å². The summed E-state index contributed by atoms with van der Waals surface area (Å²) in [6.07, 6.45) is 2.27. The number of nitrogens with one attached hydrogen (secondary N) is 1. The van der Waals surface area contributed by atoms with E-state index in [1.54, 1.807) is 0 Å². The molecule has 1 aliphatic rings. The second-order valence-corrected chi connectivity index (χ2v) is 4.39. The van der Waals surface area contributed by atoms with Crippen LogP contribution in [0.5, 0.6) is 0 Å². The first-order valence-electron chi connectivity index (χ1n) is 6.06. The molecule has 0 radical (unpaired) electrons. The first-order valence-corrected chi connectivity index (χ1v) is 6.06. The molecule has 0 aromatic carbocycles. The molecule has 4 N–H and O–H groups in total. The van der Waals surface area contributed by atoms with E-state index in [1.165, 1.54) is 0 Å². The zero-order chi connectivity index (χ0) is 12.0. The lowest BCUT2D eigenvalue weighted by Crippen LogP contribution is -2.42. The molecule has 5 nitrogen and oxygen atoms in total. The molecule has 16 heavy (non-hydrogen) atoms. The van der Waals surface area contributed by atoms with Crippen molar-refractivity contribution in [1.82, 2.24) is 10.2 Å². The summed E-state index contributed by atoms with van der Waals surface area (Å²) in [5.41, 5.74) is 4.99. The quantitative estimate of drug-likeness (QED) is 0.582. The highest BCUT2D eigenvalue weighted by molar-refractivity contribution is 5.78. The molecule has 94 valence electrons. The number of nitrogens with two attached hydrogens (primary N) is 1. The second kappa shape index (κ2) is 6.83. The molecule has 0 bridgehead atoms. The minimum absolute atomic E-state index is 0.270. The fourth-order valence-electron chi connectivity index (χ4n) is 2.06. The van der Waals surface area contributed by atoms with E-state index in [0.29, 0.717) is 6.04 Å². The largest absolute Gasteiger partial charge is 0.382 e. The van der Waals surface area contributed by atoms with Gasteiger partial charge in [0, 0.05) is 12.6 Å². The van der Waals surface area contributed by atoms with Crippen molar-refractivity contribution in [1.29, 1.82) is 0 Å². The minimum Gasteiger partial charge on any atom is -0.382 e. The maximum Gasteiger partial charge on any atom is 0.247 e. The molecule has 1 heterocycles. The molecule has 1 rings (SSSR count). The Morgan fingerprint density at radius 1 is 1.56 bits per heavy atom. The van der Waals surface area contributed by atoms with E-state index < -0.39 is 12.0 Å². The Morgan fingerprint density at radius 2 is 2.31 bits per heavy atom. The first-order chi connectivity index (χ1) is 7.63. The topological polar surface area (TPSA) is 78.6 Å². The Hall–Kier alpha value is -0.650. The van der Waals surface area contributed by atoms with Gasteiger partial charge in [-0.3, -0.25) is 4.79 Å². The van der Waals surface area contributed by atoms with Gasteiger partial charge in [-0.05, 0) is 38.9 Å². The molecule has 0 aromatic heterocycles. The van der Waals surface area contributed by atoms with Crippen LogP contribution in [0.4, 0.5) is 0 Å². The molecule has 0 aliphatic carbocycles. The molecule has 1 saturated heterocycles. The summed E-state index contributed by atoms with van der Waals surface area (Å²) >= 11 is 0. The van der Waals surface area contributed by atoms with E-state index in [2.05, 4.69) is 17.1 Å². The summed E-state index contributed by atoms with van der Waals surface area (Å²) in [7, 11) is 0. The highest BCUT2D eigenvalue weighted by Gasteiger charge is 2.17. The third-order valence-electron chi connectivity index (χ3n) is 3.20. The monoisotopic (exact) mass is 229 g/mol. The van der Waals surface area contributed by atoms with Crippen molar-refractivity contribution >= 4 is 5.91 Å². The Bertz CT molecular complexity index is 223. The van der Waals surface area contributed by atoms with Crippen molar-refractivity contribution in [3.8, 4) is 0 Å². The molecular weight excluding hydrogens is 206 g/mol. The summed E-state index contributed by atoms with van der Waals surface area (Å²) in [6, 6.07) is 0.394. The Labute approximate surface area is 97.0 Å². The van der Waals surface area contributed by atoms with Gasteiger partial charge in [0.05, 0.1) is 0 Å². The van der Waals surface area contributed by atoms with Crippen molar-refractivity contribution in [3.63, 3.8) is 0 Å². The third kappa shape index (κ3) is 4.47. The average Bonchev–Trinajstić information content (AvgIpc) is 2.50. The predicted molar refractivity (Wildman–Crippen MR) is 63.0 cm³/mol. The number of nitrogens with zero attached hydrogens (tertiary/aromatic N) is 1. The lowest BCUT2D eigenvalue weighted by molar-refractivity contribution is -0.125. The molecule has 5 heteroatoms. The van der Waals surface area contributed by atoms with Crippen molar-refractivity contribution in [3.05, 3.63) is 0 Å². The SMILES string of the molecule is CCN1CCCC(NCC(O)C(N)=O)CC1. The van der Waals surface area contributed by atoms with E-state index in [0.717, 1.165) is 38.9 Å². The van der Waals surface area contributed by atoms with E-state index >= 15 is 0 Å². The summed E-state index contributed by atoms with van der Waals surface area (Å²) < 4.78 is 0. The third-order valence-corrected chi connectivity index (χ3v) is 3.20. The van der Waals surface area contributed by atoms with Crippen LogP contribution in [0.2, 0.25) is 0 Å². The number of hydrogen-bond acceptors (Lipinski definition) is 4. The number of amides is 1. The summed E-state index contributed by atoms with van der Waals surface area (Å²) in [6.45, 7) is 5.77. The molecule has 1 fully saturated rings. The zero-order valence-corrected chi connectivity index (χ0v) is 9.98. The van der Waals surface area contributed by atoms with Crippen LogP contribution in [-0.4, -0.2) is 54.2 Å². The maximum absolute atomic E-state index is 10.7. The summed E-state index contributed by atoms with van der Waals surface area (Å²) in [5, 5.41) is 12.5. The number of carbonyl (C=O) groups is 1. The lowest BCUT2D eigenvalue weighted by atomic mass is 10.1. The fourth-order valence-corrected chi connectivity index (χ4v) is 2.06. The predicted octanol–water partition coefficient (Wildman–Crippen LogP) is -0.703. The van der Waals surface area contributed by atoms with Gasteiger partial charge in [-0.1, -0.05) is 6.92 Å². The average molecular weight is 229 g/mol. The Balaban J connectivity index is 2.25. The van der Waals surface area contributed by atoms with Crippen LogP contribution in [-0.2, 0) is 4.79 Å². The second-order valence-electron chi connectivity index (χ2n) is 4.39. The number of hydrogen-bond donors (Lipinski definition) is 3. The van der Waals surface area contributed by atoms with Crippen molar-refractivity contribution in [2.24, 2.45) is 5.73 Å². The zero-order valence-electron chi connectivity index (χ0n) is 9.98. The van der Waals surface area contributed by atoms with Gasteiger partial charge in [-0.2, -0.15) is 0 Å². The van der Waals surface area contributed by atoms with Gasteiger partial charge >= 0.3 is 0 Å². The molecule has 0 saturated carbocycles. The number of carbonyl (C=O) groups excluding carboxylic acids is 1. The molecule has 0 spiro atoms. The highest BCUT2D eigenvalue weighted by Crippen LogP contribution is 2.10. The molecule has 1 aliphatic heterocycles. The number of primary amides is 1. The smallest absolute Gasteiger partial charge is 0.247 e. The Morgan fingerprint density at radius 3 is 2.94 bits per heavy atom. The van der Waals surface area contributed by atoms with Gasteiger partial charge in [0.25, 0.3) is 0 Å². The van der Waals surface area contributed by atoms with Crippen LogP contribution in [0.1, 0.15) is 26.2 Å². The maximum atomic E-state index is 10.7. The molecule has 2 unspecified atom stereocenters. The van der Waals surface area contributed by atoms with Gasteiger partial charge in [-0.25, -0.2) is 0 Å². The minimum atomic E-state index is -1.06. The van der Waals surface area contributed by atoms with Gasteiger partial charge in [0.15, 0.2) is 0 Å². The van der Waals surface area contributed by atoms with Gasteiger partial charge in [0.2, 0.25) is 5.91 Å². The summed E-state index contributed by atoms with van der Waals surface area (Å²) in [5.74, 6) is -0.656. The van der Waals surface area contributed by atoms with Crippen molar-refractivity contribution in [2.75, 3.05) is 26.2 Å².